The fraction of sp³-hybridized carbons (Fsp3) is 0.333. The smallest absolute Gasteiger partial charge is 0.341 e. The summed E-state index contributed by atoms with van der Waals surface area (Å²) in [5.74, 6) is -0.771. The van der Waals surface area contributed by atoms with E-state index in [9.17, 15) is 18.0 Å². The molecule has 0 saturated heterocycles. The molecular formula is C27H30N2O5S2. The molecule has 36 heavy (non-hydrogen) atoms. The van der Waals surface area contributed by atoms with Gasteiger partial charge < -0.3 is 10.1 Å². The molecule has 7 nitrogen and oxygen atoms in total. The Morgan fingerprint density at radius 3 is 2.42 bits per heavy atom. The lowest BCUT2D eigenvalue weighted by Gasteiger charge is -2.25. The van der Waals surface area contributed by atoms with Crippen LogP contribution >= 0.6 is 11.3 Å². The number of methoxy groups -OCH3 is 1. The summed E-state index contributed by atoms with van der Waals surface area (Å²) in [6.45, 7) is 3.95. The lowest BCUT2D eigenvalue weighted by molar-refractivity contribution is 0.0601. The fourth-order valence-corrected chi connectivity index (χ4v) is 6.65. The summed E-state index contributed by atoms with van der Waals surface area (Å²) in [5, 5.41) is 3.41. The lowest BCUT2D eigenvalue weighted by atomic mass is 9.95. The summed E-state index contributed by atoms with van der Waals surface area (Å²) in [4.78, 5) is 26.6. The van der Waals surface area contributed by atoms with Crippen molar-refractivity contribution in [3.63, 3.8) is 0 Å². The molecule has 1 aliphatic rings. The number of thiophene rings is 1. The Bertz CT molecular complexity index is 1410. The number of ether oxygens (including phenoxy) is 1. The lowest BCUT2D eigenvalue weighted by Crippen LogP contribution is -2.30. The van der Waals surface area contributed by atoms with Gasteiger partial charge in [0, 0.05) is 10.4 Å². The number of nitrogens with zero attached hydrogens (tertiary/aromatic N) is 1. The van der Waals surface area contributed by atoms with Gasteiger partial charge in [0.1, 0.15) is 5.00 Å². The van der Waals surface area contributed by atoms with Crippen LogP contribution in [0.3, 0.4) is 0 Å². The molecule has 0 spiro atoms. The normalized spacial score (nSPS) is 13.1. The van der Waals surface area contributed by atoms with Gasteiger partial charge in [0.15, 0.2) is 0 Å². The Hall–Kier alpha value is -3.17. The minimum absolute atomic E-state index is 0.148. The molecule has 4 rings (SSSR count). The molecule has 2 aromatic carbocycles. The molecule has 0 radical (unpaired) electrons. The highest BCUT2D eigenvalue weighted by Crippen LogP contribution is 2.38. The predicted octanol–water partition coefficient (Wildman–Crippen LogP) is 5.25. The van der Waals surface area contributed by atoms with E-state index in [0.717, 1.165) is 52.8 Å². The van der Waals surface area contributed by atoms with Crippen LogP contribution in [0.1, 0.15) is 60.7 Å². The van der Waals surface area contributed by atoms with Gasteiger partial charge in [-0.3, -0.25) is 9.10 Å². The highest BCUT2D eigenvalue weighted by molar-refractivity contribution is 7.92. The standard InChI is InChI=1S/C27H30N2O5S2/c1-17-9-10-18(2)22(15-17)29(36(4,32)33)16-19-11-13-20(14-12-19)25(30)28-26-24(27(31)34-3)21-7-5-6-8-23(21)35-26/h9-15H,5-8,16H2,1-4H3,(H,28,30). The van der Waals surface area contributed by atoms with Crippen molar-refractivity contribution in [1.82, 2.24) is 0 Å². The van der Waals surface area contributed by atoms with E-state index in [1.807, 2.05) is 32.0 Å². The van der Waals surface area contributed by atoms with Crippen molar-refractivity contribution in [2.45, 2.75) is 46.1 Å². The van der Waals surface area contributed by atoms with E-state index in [1.165, 1.54) is 29.0 Å². The number of rotatable bonds is 7. The number of fused-ring (bicyclic) bond motifs is 1. The Labute approximate surface area is 216 Å². The number of esters is 1. The average molecular weight is 527 g/mol. The molecule has 3 aromatic rings. The Balaban J connectivity index is 1.55. The summed E-state index contributed by atoms with van der Waals surface area (Å²) in [6.07, 6.45) is 4.96. The van der Waals surface area contributed by atoms with Gasteiger partial charge in [-0.25, -0.2) is 13.2 Å². The molecule has 0 bridgehead atoms. The van der Waals surface area contributed by atoms with Gasteiger partial charge in [0.25, 0.3) is 5.91 Å². The largest absolute Gasteiger partial charge is 0.465 e. The summed E-state index contributed by atoms with van der Waals surface area (Å²) >= 11 is 1.44. The number of sulfonamides is 1. The minimum atomic E-state index is -3.53. The van der Waals surface area contributed by atoms with Crippen LogP contribution in [-0.2, 0) is 34.1 Å². The van der Waals surface area contributed by atoms with Crippen molar-refractivity contribution in [3.05, 3.63) is 80.7 Å². The molecule has 1 heterocycles. The molecule has 190 valence electrons. The van der Waals surface area contributed by atoms with E-state index in [0.29, 0.717) is 21.8 Å². The van der Waals surface area contributed by atoms with Crippen molar-refractivity contribution in [1.29, 1.82) is 0 Å². The van der Waals surface area contributed by atoms with Crippen LogP contribution in [-0.4, -0.2) is 33.7 Å². The maximum absolute atomic E-state index is 13.0. The SMILES string of the molecule is COC(=O)c1c(NC(=O)c2ccc(CN(c3cc(C)ccc3C)S(C)(=O)=O)cc2)sc2c1CCCC2. The van der Waals surface area contributed by atoms with Crippen molar-refractivity contribution >= 4 is 43.9 Å². The first kappa shape index (κ1) is 25.9. The molecule has 1 N–H and O–H groups in total. The molecule has 0 aliphatic heterocycles. The summed E-state index contributed by atoms with van der Waals surface area (Å²) < 4.78 is 31.6. The molecule has 1 aliphatic carbocycles. The van der Waals surface area contributed by atoms with Crippen LogP contribution in [0.4, 0.5) is 10.7 Å². The number of benzene rings is 2. The molecule has 0 fully saturated rings. The molecular weight excluding hydrogens is 496 g/mol. The van der Waals surface area contributed by atoms with Gasteiger partial charge in [-0.15, -0.1) is 11.3 Å². The number of aryl methyl sites for hydroxylation is 3. The second-order valence-corrected chi connectivity index (χ2v) is 12.1. The second-order valence-electron chi connectivity index (χ2n) is 9.12. The monoisotopic (exact) mass is 526 g/mol. The minimum Gasteiger partial charge on any atom is -0.465 e. The Morgan fingerprint density at radius 2 is 1.75 bits per heavy atom. The zero-order chi connectivity index (χ0) is 26.0. The van der Waals surface area contributed by atoms with E-state index in [4.69, 9.17) is 4.74 Å². The number of hydrogen-bond donors (Lipinski definition) is 1. The first-order chi connectivity index (χ1) is 17.1. The van der Waals surface area contributed by atoms with Crippen LogP contribution < -0.4 is 9.62 Å². The van der Waals surface area contributed by atoms with Crippen LogP contribution in [0.5, 0.6) is 0 Å². The van der Waals surface area contributed by atoms with Crippen LogP contribution in [0.2, 0.25) is 0 Å². The van der Waals surface area contributed by atoms with Crippen molar-refractivity contribution in [2.24, 2.45) is 0 Å². The Morgan fingerprint density at radius 1 is 1.06 bits per heavy atom. The topological polar surface area (TPSA) is 92.8 Å². The third kappa shape index (κ3) is 5.47. The highest BCUT2D eigenvalue weighted by Gasteiger charge is 2.27. The first-order valence-corrected chi connectivity index (χ1v) is 14.4. The van der Waals surface area contributed by atoms with Gasteiger partial charge in [-0.05, 0) is 80.0 Å². The summed E-state index contributed by atoms with van der Waals surface area (Å²) in [6, 6.07) is 12.5. The number of hydrogen-bond acceptors (Lipinski definition) is 6. The summed E-state index contributed by atoms with van der Waals surface area (Å²) in [5.41, 5.74) is 5.07. The van der Waals surface area contributed by atoms with E-state index < -0.39 is 16.0 Å². The van der Waals surface area contributed by atoms with E-state index in [2.05, 4.69) is 5.32 Å². The highest BCUT2D eigenvalue weighted by atomic mass is 32.2. The van der Waals surface area contributed by atoms with Crippen molar-refractivity contribution < 1.29 is 22.7 Å². The van der Waals surface area contributed by atoms with Gasteiger partial charge in [-0.1, -0.05) is 24.3 Å². The van der Waals surface area contributed by atoms with E-state index in [1.54, 1.807) is 24.3 Å². The third-order valence-corrected chi connectivity index (χ3v) is 8.70. The number of anilines is 2. The summed E-state index contributed by atoms with van der Waals surface area (Å²) in [7, 11) is -2.18. The molecule has 0 saturated carbocycles. The number of carbonyl (C=O) groups excluding carboxylic acids is 2. The third-order valence-electron chi connectivity index (χ3n) is 6.36. The van der Waals surface area contributed by atoms with Crippen LogP contribution in [0.25, 0.3) is 0 Å². The van der Waals surface area contributed by atoms with Crippen molar-refractivity contribution in [2.75, 3.05) is 23.0 Å². The van der Waals surface area contributed by atoms with E-state index in [-0.39, 0.29) is 12.5 Å². The van der Waals surface area contributed by atoms with Crippen LogP contribution in [0, 0.1) is 13.8 Å². The zero-order valence-electron chi connectivity index (χ0n) is 20.9. The number of amides is 1. The number of carbonyl (C=O) groups is 2. The second kappa shape index (κ2) is 10.4. The molecule has 1 amide bonds. The fourth-order valence-electron chi connectivity index (χ4n) is 4.44. The first-order valence-electron chi connectivity index (χ1n) is 11.8. The molecule has 0 atom stereocenters. The molecule has 1 aromatic heterocycles. The molecule has 0 unspecified atom stereocenters. The van der Waals surface area contributed by atoms with Gasteiger partial charge in [0.05, 0.1) is 31.2 Å². The van der Waals surface area contributed by atoms with Crippen LogP contribution in [0.15, 0.2) is 42.5 Å². The maximum Gasteiger partial charge on any atom is 0.341 e. The molecule has 9 heteroatoms. The quantitative estimate of drug-likeness (QED) is 0.425. The Kier molecular flexibility index (Phi) is 7.51. The maximum atomic E-state index is 13.0. The number of nitrogens with one attached hydrogen (secondary N) is 1. The predicted molar refractivity (Wildman–Crippen MR) is 144 cm³/mol. The average Bonchev–Trinajstić information content (AvgIpc) is 3.21. The van der Waals surface area contributed by atoms with E-state index >= 15 is 0 Å². The van der Waals surface area contributed by atoms with Gasteiger partial charge in [0.2, 0.25) is 10.0 Å². The van der Waals surface area contributed by atoms with Gasteiger partial charge >= 0.3 is 5.97 Å². The van der Waals surface area contributed by atoms with Gasteiger partial charge in [-0.2, -0.15) is 0 Å². The zero-order valence-corrected chi connectivity index (χ0v) is 22.5. The van der Waals surface area contributed by atoms with Crippen molar-refractivity contribution in [3.8, 4) is 0 Å².